The predicted octanol–water partition coefficient (Wildman–Crippen LogP) is 3.38. The maximum Gasteiger partial charge on any atom is 0.274 e. The van der Waals surface area contributed by atoms with Crippen molar-refractivity contribution < 1.29 is 9.53 Å². The van der Waals surface area contributed by atoms with E-state index in [-0.39, 0.29) is 5.91 Å². The molecule has 1 amide bonds. The van der Waals surface area contributed by atoms with Crippen molar-refractivity contribution in [1.82, 2.24) is 4.98 Å². The van der Waals surface area contributed by atoms with E-state index in [1.807, 2.05) is 23.1 Å². The molecule has 4 nitrogen and oxygen atoms in total. The third-order valence-electron chi connectivity index (χ3n) is 3.53. The van der Waals surface area contributed by atoms with Gasteiger partial charge < -0.3 is 14.6 Å². The van der Waals surface area contributed by atoms with E-state index in [0.29, 0.717) is 5.69 Å². The van der Waals surface area contributed by atoms with E-state index >= 15 is 0 Å². The zero-order valence-electron chi connectivity index (χ0n) is 11.1. The molecule has 0 bridgehead atoms. The lowest BCUT2D eigenvalue weighted by Crippen LogP contribution is -2.35. The highest BCUT2D eigenvalue weighted by atomic mass is 79.9. The van der Waals surface area contributed by atoms with E-state index in [1.54, 1.807) is 19.4 Å². The Kier molecular flexibility index (Phi) is 3.53. The zero-order valence-corrected chi connectivity index (χ0v) is 12.7. The van der Waals surface area contributed by atoms with Crippen LogP contribution in [0.3, 0.4) is 0 Å². The number of nitrogens with one attached hydrogen (secondary N) is 1. The number of aromatic nitrogens is 1. The number of halogens is 1. The maximum atomic E-state index is 12.6. The molecule has 1 aliphatic heterocycles. The number of aryl methyl sites for hydroxylation is 1. The lowest BCUT2D eigenvalue weighted by molar-refractivity contribution is 0.0981. The van der Waals surface area contributed by atoms with E-state index in [1.165, 1.54) is 0 Å². The van der Waals surface area contributed by atoms with Crippen molar-refractivity contribution in [3.63, 3.8) is 0 Å². The number of benzene rings is 1. The summed E-state index contributed by atoms with van der Waals surface area (Å²) in [5.41, 5.74) is 2.74. The number of carbonyl (C=O) groups is 1. The van der Waals surface area contributed by atoms with Crippen molar-refractivity contribution in [2.24, 2.45) is 0 Å². The van der Waals surface area contributed by atoms with Gasteiger partial charge in [0, 0.05) is 22.9 Å². The van der Waals surface area contributed by atoms with E-state index in [0.717, 1.165) is 40.9 Å². The fourth-order valence-corrected chi connectivity index (χ4v) is 2.89. The Morgan fingerprint density at radius 2 is 2.25 bits per heavy atom. The molecule has 1 N–H and O–H groups in total. The Balaban J connectivity index is 1.95. The number of anilines is 1. The van der Waals surface area contributed by atoms with Crippen LogP contribution in [0.25, 0.3) is 0 Å². The van der Waals surface area contributed by atoms with Crippen molar-refractivity contribution >= 4 is 27.5 Å². The first-order valence-electron chi connectivity index (χ1n) is 6.52. The van der Waals surface area contributed by atoms with Crippen molar-refractivity contribution in [3.05, 3.63) is 46.2 Å². The molecule has 0 radical (unpaired) electrons. The van der Waals surface area contributed by atoms with Crippen molar-refractivity contribution in [2.45, 2.75) is 12.8 Å². The van der Waals surface area contributed by atoms with Gasteiger partial charge in [-0.25, -0.2) is 0 Å². The number of ether oxygens (including phenoxy) is 1. The molecule has 0 spiro atoms. The van der Waals surface area contributed by atoms with Crippen LogP contribution in [0.1, 0.15) is 22.5 Å². The Morgan fingerprint density at radius 3 is 2.95 bits per heavy atom. The van der Waals surface area contributed by atoms with Crippen LogP contribution >= 0.6 is 15.9 Å². The average Bonchev–Trinajstić information content (AvgIpc) is 2.91. The number of amides is 1. The van der Waals surface area contributed by atoms with Gasteiger partial charge in [-0.05, 0) is 58.6 Å². The fraction of sp³-hybridized carbons (Fsp3) is 0.267. The molecule has 0 fully saturated rings. The summed E-state index contributed by atoms with van der Waals surface area (Å²) < 4.78 is 6.13. The molecule has 0 aliphatic carbocycles. The molecule has 0 saturated heterocycles. The SMILES string of the molecule is COc1ccc2c(c1)CCCN2C(=O)c1cc(Br)c[nH]1. The van der Waals surface area contributed by atoms with Crippen LogP contribution in [-0.2, 0) is 6.42 Å². The summed E-state index contributed by atoms with van der Waals surface area (Å²) in [7, 11) is 1.66. The number of carbonyl (C=O) groups excluding carboxylic acids is 1. The van der Waals surface area contributed by atoms with Crippen LogP contribution in [0.15, 0.2) is 34.9 Å². The molecule has 0 saturated carbocycles. The second-order valence-corrected chi connectivity index (χ2v) is 5.70. The topological polar surface area (TPSA) is 45.3 Å². The summed E-state index contributed by atoms with van der Waals surface area (Å²) >= 11 is 3.36. The molecule has 0 atom stereocenters. The minimum atomic E-state index is 0.00168. The number of nitrogens with zero attached hydrogens (tertiary/aromatic N) is 1. The molecule has 2 aromatic rings. The molecule has 20 heavy (non-hydrogen) atoms. The van der Waals surface area contributed by atoms with Crippen LogP contribution in [0.4, 0.5) is 5.69 Å². The van der Waals surface area contributed by atoms with E-state index in [4.69, 9.17) is 4.74 Å². The van der Waals surface area contributed by atoms with Crippen LogP contribution in [0.5, 0.6) is 5.75 Å². The standard InChI is InChI=1S/C15H15BrN2O2/c1-20-12-4-5-14-10(7-12)3-2-6-18(14)15(19)13-8-11(16)9-17-13/h4-5,7-9,17H,2-3,6H2,1H3. The normalized spacial score (nSPS) is 14.0. The predicted molar refractivity (Wildman–Crippen MR) is 81.5 cm³/mol. The Bertz CT molecular complexity index is 651. The Labute approximate surface area is 125 Å². The first kappa shape index (κ1) is 13.2. The number of H-pyrrole nitrogens is 1. The lowest BCUT2D eigenvalue weighted by Gasteiger charge is -2.29. The van der Waals surface area contributed by atoms with Gasteiger partial charge >= 0.3 is 0 Å². The molecule has 1 aromatic carbocycles. The first-order valence-corrected chi connectivity index (χ1v) is 7.31. The number of aromatic amines is 1. The van der Waals surface area contributed by atoms with Gasteiger partial charge in [0.15, 0.2) is 0 Å². The van der Waals surface area contributed by atoms with Gasteiger partial charge in [-0.15, -0.1) is 0 Å². The van der Waals surface area contributed by atoms with Gasteiger partial charge in [0.1, 0.15) is 11.4 Å². The Hall–Kier alpha value is -1.75. The zero-order chi connectivity index (χ0) is 14.1. The fourth-order valence-electron chi connectivity index (χ4n) is 2.55. The minimum Gasteiger partial charge on any atom is -0.497 e. The Morgan fingerprint density at radius 1 is 1.40 bits per heavy atom. The van der Waals surface area contributed by atoms with E-state index in [2.05, 4.69) is 20.9 Å². The lowest BCUT2D eigenvalue weighted by atomic mass is 10.0. The third kappa shape index (κ3) is 2.33. The molecule has 0 unspecified atom stereocenters. The second kappa shape index (κ2) is 5.32. The van der Waals surface area contributed by atoms with Gasteiger partial charge in [-0.1, -0.05) is 0 Å². The highest BCUT2D eigenvalue weighted by molar-refractivity contribution is 9.10. The number of rotatable bonds is 2. The summed E-state index contributed by atoms with van der Waals surface area (Å²) in [4.78, 5) is 17.4. The molecule has 104 valence electrons. The summed E-state index contributed by atoms with van der Waals surface area (Å²) in [6.07, 6.45) is 3.71. The van der Waals surface area contributed by atoms with Gasteiger partial charge in [0.25, 0.3) is 5.91 Å². The van der Waals surface area contributed by atoms with E-state index in [9.17, 15) is 4.79 Å². The molecule has 1 aromatic heterocycles. The first-order chi connectivity index (χ1) is 9.69. The van der Waals surface area contributed by atoms with Crippen molar-refractivity contribution in [3.8, 4) is 5.75 Å². The quantitative estimate of drug-likeness (QED) is 0.914. The van der Waals surface area contributed by atoms with Crippen molar-refractivity contribution in [2.75, 3.05) is 18.6 Å². The highest BCUT2D eigenvalue weighted by Gasteiger charge is 2.24. The van der Waals surface area contributed by atoms with Crippen molar-refractivity contribution in [1.29, 1.82) is 0 Å². The second-order valence-electron chi connectivity index (χ2n) is 4.79. The van der Waals surface area contributed by atoms with Gasteiger partial charge in [0.05, 0.1) is 7.11 Å². The van der Waals surface area contributed by atoms with Crippen LogP contribution in [0, 0.1) is 0 Å². The smallest absolute Gasteiger partial charge is 0.274 e. The molecular formula is C15H15BrN2O2. The molecular weight excluding hydrogens is 320 g/mol. The molecule has 3 rings (SSSR count). The highest BCUT2D eigenvalue weighted by Crippen LogP contribution is 2.31. The molecule has 1 aliphatic rings. The summed E-state index contributed by atoms with van der Waals surface area (Å²) in [5, 5.41) is 0. The number of methoxy groups -OCH3 is 1. The molecule has 2 heterocycles. The third-order valence-corrected chi connectivity index (χ3v) is 3.99. The van der Waals surface area contributed by atoms with Crippen LogP contribution in [-0.4, -0.2) is 24.5 Å². The van der Waals surface area contributed by atoms with Crippen LogP contribution in [0.2, 0.25) is 0 Å². The molecule has 5 heteroatoms. The summed E-state index contributed by atoms with van der Waals surface area (Å²) in [6, 6.07) is 7.68. The number of fused-ring (bicyclic) bond motifs is 1. The average molecular weight is 335 g/mol. The van der Waals surface area contributed by atoms with Gasteiger partial charge in [-0.3, -0.25) is 4.79 Å². The monoisotopic (exact) mass is 334 g/mol. The summed E-state index contributed by atoms with van der Waals surface area (Å²) in [6.45, 7) is 0.745. The van der Waals surface area contributed by atoms with Crippen LogP contribution < -0.4 is 9.64 Å². The minimum absolute atomic E-state index is 0.00168. The van der Waals surface area contributed by atoms with Gasteiger partial charge in [-0.2, -0.15) is 0 Å². The largest absolute Gasteiger partial charge is 0.497 e. The summed E-state index contributed by atoms with van der Waals surface area (Å²) in [5.74, 6) is 0.836. The van der Waals surface area contributed by atoms with Gasteiger partial charge in [0.2, 0.25) is 0 Å². The van der Waals surface area contributed by atoms with E-state index < -0.39 is 0 Å². The number of hydrogen-bond donors (Lipinski definition) is 1. The maximum absolute atomic E-state index is 12.6. The number of hydrogen-bond acceptors (Lipinski definition) is 2.